The van der Waals surface area contributed by atoms with E-state index in [1.165, 1.54) is 25.3 Å². The number of ether oxygens (including phenoxy) is 1. The number of aryl methyl sites for hydroxylation is 1. The number of esters is 1. The molecular formula is C15H25Cl2N3O4S. The first kappa shape index (κ1) is 24.1. The quantitative estimate of drug-likeness (QED) is 0.670. The van der Waals surface area contributed by atoms with Gasteiger partial charge in [0.1, 0.15) is 0 Å². The van der Waals surface area contributed by atoms with Crippen molar-refractivity contribution >= 4 is 40.8 Å². The van der Waals surface area contributed by atoms with Gasteiger partial charge in [-0.2, -0.15) is 0 Å². The Bertz CT molecular complexity index is 665. The van der Waals surface area contributed by atoms with E-state index in [0.717, 1.165) is 26.2 Å². The molecule has 1 aliphatic heterocycles. The van der Waals surface area contributed by atoms with Crippen LogP contribution < -0.4 is 10.0 Å². The fraction of sp³-hybridized carbons (Fsp3) is 0.533. The van der Waals surface area contributed by atoms with E-state index in [4.69, 9.17) is 0 Å². The second kappa shape index (κ2) is 10.9. The van der Waals surface area contributed by atoms with E-state index in [2.05, 4.69) is 19.7 Å². The van der Waals surface area contributed by atoms with E-state index in [-0.39, 0.29) is 29.7 Å². The smallest absolute Gasteiger partial charge is 0.338 e. The number of hydrogen-bond acceptors (Lipinski definition) is 6. The minimum absolute atomic E-state index is 0. The lowest BCUT2D eigenvalue weighted by Crippen LogP contribution is -2.46. The van der Waals surface area contributed by atoms with Crippen LogP contribution in [0.5, 0.6) is 0 Å². The largest absolute Gasteiger partial charge is 0.465 e. The van der Waals surface area contributed by atoms with Gasteiger partial charge in [-0.15, -0.1) is 24.8 Å². The molecule has 10 heteroatoms. The molecule has 1 aromatic rings. The van der Waals surface area contributed by atoms with Crippen LogP contribution >= 0.6 is 24.8 Å². The average molecular weight is 414 g/mol. The Labute approximate surface area is 161 Å². The van der Waals surface area contributed by atoms with Crippen molar-refractivity contribution < 1.29 is 17.9 Å². The van der Waals surface area contributed by atoms with E-state index in [0.29, 0.717) is 24.2 Å². The van der Waals surface area contributed by atoms with E-state index in [1.54, 1.807) is 6.92 Å². The van der Waals surface area contributed by atoms with Gasteiger partial charge < -0.3 is 10.1 Å². The van der Waals surface area contributed by atoms with Crippen molar-refractivity contribution in [3.63, 3.8) is 0 Å². The van der Waals surface area contributed by atoms with Gasteiger partial charge >= 0.3 is 5.97 Å². The molecule has 1 heterocycles. The molecule has 1 fully saturated rings. The Balaban J connectivity index is 0.00000288. The summed E-state index contributed by atoms with van der Waals surface area (Å²) in [5.74, 6) is -0.474. The highest BCUT2D eigenvalue weighted by Crippen LogP contribution is 2.16. The van der Waals surface area contributed by atoms with Crippen molar-refractivity contribution in [1.82, 2.24) is 14.9 Å². The van der Waals surface area contributed by atoms with Crippen LogP contribution in [0.4, 0.5) is 0 Å². The van der Waals surface area contributed by atoms with Crippen LogP contribution in [-0.2, 0) is 14.8 Å². The summed E-state index contributed by atoms with van der Waals surface area (Å²) in [4.78, 5) is 13.9. The van der Waals surface area contributed by atoms with Crippen LogP contribution in [0.1, 0.15) is 15.9 Å². The normalized spacial score (nSPS) is 15.0. The first-order chi connectivity index (χ1) is 10.9. The summed E-state index contributed by atoms with van der Waals surface area (Å²) in [6.45, 7) is 6.44. The zero-order valence-electron chi connectivity index (χ0n) is 14.3. The topological polar surface area (TPSA) is 87.7 Å². The SMILES string of the molecule is COC(=O)c1ccc(S(=O)(=O)NCCN2CCNCC2)cc1C.Cl.Cl. The summed E-state index contributed by atoms with van der Waals surface area (Å²) in [6, 6.07) is 4.39. The second-order valence-electron chi connectivity index (χ2n) is 5.46. The molecule has 7 nitrogen and oxygen atoms in total. The second-order valence-corrected chi connectivity index (χ2v) is 7.22. The van der Waals surface area contributed by atoms with Crippen molar-refractivity contribution in [3.8, 4) is 0 Å². The molecule has 1 aromatic carbocycles. The molecule has 0 amide bonds. The number of halogens is 2. The summed E-state index contributed by atoms with van der Waals surface area (Å²) in [7, 11) is -2.28. The first-order valence-corrected chi connectivity index (χ1v) is 9.04. The number of carbonyl (C=O) groups is 1. The zero-order chi connectivity index (χ0) is 16.9. The zero-order valence-corrected chi connectivity index (χ0v) is 16.7. The van der Waals surface area contributed by atoms with Crippen LogP contribution in [0.3, 0.4) is 0 Å². The van der Waals surface area contributed by atoms with Gasteiger partial charge in [0.2, 0.25) is 10.0 Å². The molecule has 1 saturated heterocycles. The summed E-state index contributed by atoms with van der Waals surface area (Å²) in [5.41, 5.74) is 0.939. The van der Waals surface area contributed by atoms with Gasteiger partial charge in [-0.25, -0.2) is 17.9 Å². The van der Waals surface area contributed by atoms with Gasteiger partial charge in [-0.1, -0.05) is 0 Å². The lowest BCUT2D eigenvalue weighted by Gasteiger charge is -2.27. The van der Waals surface area contributed by atoms with E-state index in [1.807, 2.05) is 0 Å². The highest BCUT2D eigenvalue weighted by Gasteiger charge is 2.18. The molecule has 0 atom stereocenters. The van der Waals surface area contributed by atoms with Crippen molar-refractivity contribution in [1.29, 1.82) is 0 Å². The number of methoxy groups -OCH3 is 1. The monoisotopic (exact) mass is 413 g/mol. The van der Waals surface area contributed by atoms with E-state index >= 15 is 0 Å². The first-order valence-electron chi connectivity index (χ1n) is 7.56. The Morgan fingerprint density at radius 1 is 1.28 bits per heavy atom. The van der Waals surface area contributed by atoms with Gasteiger partial charge in [0, 0.05) is 39.3 Å². The molecule has 25 heavy (non-hydrogen) atoms. The maximum absolute atomic E-state index is 12.3. The predicted octanol–water partition coefficient (Wildman–Crippen LogP) is 0.809. The fourth-order valence-corrected chi connectivity index (χ4v) is 3.60. The van der Waals surface area contributed by atoms with Gasteiger partial charge in [-0.3, -0.25) is 4.90 Å². The Morgan fingerprint density at radius 3 is 2.48 bits per heavy atom. The fourth-order valence-electron chi connectivity index (χ4n) is 2.50. The molecule has 144 valence electrons. The van der Waals surface area contributed by atoms with Crippen molar-refractivity contribution in [2.45, 2.75) is 11.8 Å². The molecule has 0 radical (unpaired) electrons. The molecule has 0 unspecified atom stereocenters. The molecule has 0 saturated carbocycles. The van der Waals surface area contributed by atoms with Gasteiger partial charge in [0.15, 0.2) is 0 Å². The number of carbonyl (C=O) groups excluding carboxylic acids is 1. The molecule has 1 aliphatic rings. The minimum atomic E-state index is -3.58. The van der Waals surface area contributed by atoms with Gasteiger partial charge in [0.05, 0.1) is 17.6 Å². The van der Waals surface area contributed by atoms with Crippen molar-refractivity contribution in [3.05, 3.63) is 29.3 Å². The third-order valence-corrected chi connectivity index (χ3v) is 5.30. The van der Waals surface area contributed by atoms with Crippen LogP contribution in [0.2, 0.25) is 0 Å². The maximum Gasteiger partial charge on any atom is 0.338 e. The molecule has 0 aliphatic carbocycles. The minimum Gasteiger partial charge on any atom is -0.465 e. The lowest BCUT2D eigenvalue weighted by atomic mass is 10.1. The molecule has 2 N–H and O–H groups in total. The average Bonchev–Trinajstić information content (AvgIpc) is 2.55. The lowest BCUT2D eigenvalue weighted by molar-refractivity contribution is 0.0600. The van der Waals surface area contributed by atoms with Crippen LogP contribution in [0.15, 0.2) is 23.1 Å². The van der Waals surface area contributed by atoms with Crippen LogP contribution in [-0.4, -0.2) is 65.7 Å². The predicted molar refractivity (Wildman–Crippen MR) is 102 cm³/mol. The Morgan fingerprint density at radius 2 is 1.92 bits per heavy atom. The standard InChI is InChI=1S/C15H23N3O4S.2ClH/c1-12-11-13(3-4-14(12)15(19)22-2)23(20,21)17-7-10-18-8-5-16-6-9-18;;/h3-4,11,16-17H,5-10H2,1-2H3;2*1H. The van der Waals surface area contributed by atoms with E-state index < -0.39 is 16.0 Å². The third-order valence-electron chi connectivity index (χ3n) is 3.84. The molecule has 0 bridgehead atoms. The van der Waals surface area contributed by atoms with Gasteiger partial charge in [-0.05, 0) is 30.7 Å². The Kier molecular flexibility index (Phi) is 10.6. The summed E-state index contributed by atoms with van der Waals surface area (Å²) >= 11 is 0. The highest BCUT2D eigenvalue weighted by atomic mass is 35.5. The van der Waals surface area contributed by atoms with Crippen LogP contribution in [0.25, 0.3) is 0 Å². The highest BCUT2D eigenvalue weighted by molar-refractivity contribution is 7.89. The molecule has 0 spiro atoms. The molecular weight excluding hydrogens is 389 g/mol. The Hall–Kier alpha value is -0.900. The van der Waals surface area contributed by atoms with E-state index in [9.17, 15) is 13.2 Å². The number of rotatable bonds is 6. The number of nitrogens with zero attached hydrogens (tertiary/aromatic N) is 1. The van der Waals surface area contributed by atoms with Gasteiger partial charge in [0.25, 0.3) is 0 Å². The number of nitrogens with one attached hydrogen (secondary N) is 2. The number of hydrogen-bond donors (Lipinski definition) is 2. The van der Waals surface area contributed by atoms with Crippen LogP contribution in [0, 0.1) is 6.92 Å². The number of benzene rings is 1. The summed E-state index contributed by atoms with van der Waals surface area (Å²) in [6.07, 6.45) is 0. The summed E-state index contributed by atoms with van der Waals surface area (Å²) in [5, 5.41) is 3.25. The molecule has 0 aromatic heterocycles. The third kappa shape index (κ3) is 6.73. The maximum atomic E-state index is 12.3. The number of piperazine rings is 1. The number of sulfonamides is 1. The molecule has 2 rings (SSSR count). The summed E-state index contributed by atoms with van der Waals surface area (Å²) < 4.78 is 31.9. The van der Waals surface area contributed by atoms with Crippen molar-refractivity contribution in [2.24, 2.45) is 0 Å². The van der Waals surface area contributed by atoms with Crippen molar-refractivity contribution in [2.75, 3.05) is 46.4 Å².